The number of hydrogen-bond donors (Lipinski definition) is 3. The van der Waals surface area contributed by atoms with Crippen LogP contribution in [0, 0.1) is 0 Å². The van der Waals surface area contributed by atoms with E-state index in [0.717, 1.165) is 0 Å². The van der Waals surface area contributed by atoms with Crippen molar-refractivity contribution in [1.29, 1.82) is 0 Å². The minimum Gasteiger partial charge on any atom is -0.481 e. The lowest BCUT2D eigenvalue weighted by Crippen LogP contribution is -2.04. The average Bonchev–Trinajstić information content (AvgIpc) is 1.83. The molecule has 0 saturated carbocycles. The molecule has 0 aliphatic carbocycles. The van der Waals surface area contributed by atoms with Crippen LogP contribution in [0.1, 0.15) is 12.8 Å². The number of rotatable bonds is 4. The third-order valence-electron chi connectivity index (χ3n) is 0.727. The Morgan fingerprint density at radius 2 is 2.22 bits per heavy atom. The molecule has 9 heavy (non-hydrogen) atoms. The highest BCUT2D eigenvalue weighted by Gasteiger charge is 2.05. The highest BCUT2D eigenvalue weighted by atomic mass is 32.2. The number of carboxylic acid groups (broad SMARTS) is 1. The van der Waals surface area contributed by atoms with E-state index in [9.17, 15) is 4.79 Å². The van der Waals surface area contributed by atoms with Gasteiger partial charge in [-0.25, -0.2) is 0 Å². The molecule has 1 unspecified atom stereocenters. The van der Waals surface area contributed by atoms with E-state index in [1.54, 1.807) is 0 Å². The predicted molar refractivity (Wildman–Crippen MR) is 33.1 cm³/mol. The molecule has 0 fully saturated rings. The zero-order chi connectivity index (χ0) is 7.28. The summed E-state index contributed by atoms with van der Waals surface area (Å²) in [6.07, 6.45) is -0.0365. The van der Waals surface area contributed by atoms with E-state index in [1.807, 2.05) is 0 Å². The first-order chi connectivity index (χ1) is 4.16. The minimum absolute atomic E-state index is 0.0799. The van der Waals surface area contributed by atoms with Crippen LogP contribution in [0.15, 0.2) is 0 Å². The first kappa shape index (κ1) is 8.74. The lowest BCUT2D eigenvalue weighted by molar-refractivity contribution is -0.137. The standard InChI is InChI=1S/C4H8O4S/c5-3(6)1-2-4(7)9-8/h4,7-8H,1-2H2,(H,5,6). The van der Waals surface area contributed by atoms with Gasteiger partial charge >= 0.3 is 5.97 Å². The molecule has 0 aliphatic rings. The van der Waals surface area contributed by atoms with E-state index in [2.05, 4.69) is 0 Å². The topological polar surface area (TPSA) is 77.8 Å². The Balaban J connectivity index is 3.16. The number of aliphatic hydroxyl groups excluding tert-OH is 1. The van der Waals surface area contributed by atoms with Crippen molar-refractivity contribution in [2.45, 2.75) is 18.3 Å². The van der Waals surface area contributed by atoms with Crippen molar-refractivity contribution in [1.82, 2.24) is 0 Å². The molecule has 4 nitrogen and oxygen atoms in total. The van der Waals surface area contributed by atoms with Crippen LogP contribution in [-0.4, -0.2) is 26.2 Å². The van der Waals surface area contributed by atoms with E-state index in [-0.39, 0.29) is 24.9 Å². The summed E-state index contributed by atoms with van der Waals surface area (Å²) in [5.74, 6) is -0.969. The van der Waals surface area contributed by atoms with Gasteiger partial charge in [-0.1, -0.05) is 0 Å². The van der Waals surface area contributed by atoms with Crippen molar-refractivity contribution >= 4 is 18.0 Å². The monoisotopic (exact) mass is 152 g/mol. The van der Waals surface area contributed by atoms with Crippen molar-refractivity contribution in [3.63, 3.8) is 0 Å². The van der Waals surface area contributed by atoms with Gasteiger partial charge in [-0.05, 0) is 6.42 Å². The molecule has 1 atom stereocenters. The lowest BCUT2D eigenvalue weighted by Gasteiger charge is -2.00. The smallest absolute Gasteiger partial charge is 0.303 e. The molecule has 0 saturated heterocycles. The Hall–Kier alpha value is -0.260. The van der Waals surface area contributed by atoms with E-state index in [0.29, 0.717) is 0 Å². The quantitative estimate of drug-likeness (QED) is 0.401. The van der Waals surface area contributed by atoms with Crippen LogP contribution in [-0.2, 0) is 4.79 Å². The van der Waals surface area contributed by atoms with Crippen molar-refractivity contribution in [2.75, 3.05) is 0 Å². The molecule has 0 spiro atoms. The number of carbonyl (C=O) groups is 1. The second kappa shape index (κ2) is 4.60. The molecule has 0 heterocycles. The maximum absolute atomic E-state index is 9.82. The molecule has 5 heteroatoms. The molecule has 0 rings (SSSR count). The first-order valence-corrected chi connectivity index (χ1v) is 3.20. The van der Waals surface area contributed by atoms with Crippen LogP contribution in [0.25, 0.3) is 0 Å². The number of aliphatic carboxylic acids is 1. The van der Waals surface area contributed by atoms with Crippen molar-refractivity contribution in [3.05, 3.63) is 0 Å². The molecule has 0 aromatic carbocycles. The van der Waals surface area contributed by atoms with Crippen LogP contribution in [0.5, 0.6) is 0 Å². The van der Waals surface area contributed by atoms with Gasteiger partial charge in [-0.2, -0.15) is 0 Å². The van der Waals surface area contributed by atoms with E-state index >= 15 is 0 Å². The summed E-state index contributed by atoms with van der Waals surface area (Å²) >= 11 is 0.259. The van der Waals surface area contributed by atoms with Gasteiger partial charge in [0.05, 0.1) is 0 Å². The van der Waals surface area contributed by atoms with Gasteiger partial charge in [-0.15, -0.1) is 0 Å². The fraction of sp³-hybridized carbons (Fsp3) is 0.750. The molecule has 0 bridgehead atoms. The summed E-state index contributed by atoms with van der Waals surface area (Å²) in [5.41, 5.74) is -0.971. The molecule has 0 amide bonds. The van der Waals surface area contributed by atoms with E-state index in [4.69, 9.17) is 14.8 Å². The SMILES string of the molecule is O=C(O)CCC(O)SO. The Morgan fingerprint density at radius 1 is 1.67 bits per heavy atom. The summed E-state index contributed by atoms with van der Waals surface area (Å²) in [6, 6.07) is 0. The van der Waals surface area contributed by atoms with Gasteiger partial charge in [0.15, 0.2) is 0 Å². The lowest BCUT2D eigenvalue weighted by atomic mass is 10.3. The first-order valence-electron chi connectivity index (χ1n) is 2.37. The second-order valence-electron chi connectivity index (χ2n) is 1.49. The maximum atomic E-state index is 9.82. The number of carboxylic acids is 1. The molecule has 3 N–H and O–H groups in total. The highest BCUT2D eigenvalue weighted by Crippen LogP contribution is 2.07. The van der Waals surface area contributed by atoms with Gasteiger partial charge in [-0.3, -0.25) is 4.79 Å². The average molecular weight is 152 g/mol. The summed E-state index contributed by atoms with van der Waals surface area (Å²) in [4.78, 5) is 9.82. The van der Waals surface area contributed by atoms with Gasteiger partial charge in [0.2, 0.25) is 0 Å². The fourth-order valence-electron chi connectivity index (χ4n) is 0.300. The third-order valence-corrected chi connectivity index (χ3v) is 1.21. The summed E-state index contributed by atoms with van der Waals surface area (Å²) in [5, 5.41) is 16.6. The summed E-state index contributed by atoms with van der Waals surface area (Å²) in [7, 11) is 0. The fourth-order valence-corrected chi connectivity index (χ4v) is 0.523. The van der Waals surface area contributed by atoms with Crippen LogP contribution < -0.4 is 0 Å². The molecule has 0 radical (unpaired) electrons. The van der Waals surface area contributed by atoms with Crippen LogP contribution in [0.2, 0.25) is 0 Å². The highest BCUT2D eigenvalue weighted by molar-refractivity contribution is 7.94. The number of aliphatic hydroxyl groups is 1. The largest absolute Gasteiger partial charge is 0.481 e. The van der Waals surface area contributed by atoms with Crippen molar-refractivity contribution in [3.8, 4) is 0 Å². The maximum Gasteiger partial charge on any atom is 0.303 e. The minimum atomic E-state index is -0.971. The van der Waals surface area contributed by atoms with Gasteiger partial charge in [0.25, 0.3) is 0 Å². The molecule has 0 aromatic heterocycles. The zero-order valence-corrected chi connectivity index (χ0v) is 5.47. The Bertz CT molecular complexity index is 94.6. The third kappa shape index (κ3) is 5.61. The Kier molecular flexibility index (Phi) is 4.47. The Morgan fingerprint density at radius 3 is 2.56 bits per heavy atom. The molecule has 0 aliphatic heterocycles. The summed E-state index contributed by atoms with van der Waals surface area (Å²) < 4.78 is 8.12. The van der Waals surface area contributed by atoms with Crippen molar-refractivity contribution < 1.29 is 19.6 Å². The Labute approximate surface area is 56.7 Å². The van der Waals surface area contributed by atoms with Crippen LogP contribution >= 0.6 is 12.0 Å². The van der Waals surface area contributed by atoms with Crippen LogP contribution in [0.4, 0.5) is 0 Å². The van der Waals surface area contributed by atoms with E-state index in [1.165, 1.54) is 0 Å². The van der Waals surface area contributed by atoms with E-state index < -0.39 is 11.4 Å². The zero-order valence-electron chi connectivity index (χ0n) is 4.65. The number of hydrogen-bond acceptors (Lipinski definition) is 4. The van der Waals surface area contributed by atoms with Gasteiger partial charge in [0.1, 0.15) is 5.44 Å². The van der Waals surface area contributed by atoms with Crippen LogP contribution in [0.3, 0.4) is 0 Å². The van der Waals surface area contributed by atoms with Gasteiger partial charge in [0, 0.05) is 18.5 Å². The molecular weight excluding hydrogens is 144 g/mol. The van der Waals surface area contributed by atoms with Gasteiger partial charge < -0.3 is 14.8 Å². The van der Waals surface area contributed by atoms with Crippen molar-refractivity contribution in [2.24, 2.45) is 0 Å². The molecule has 0 aromatic rings. The molecule has 54 valence electrons. The predicted octanol–water partition coefficient (Wildman–Crippen LogP) is 0.376. The normalized spacial score (nSPS) is 13.1. The summed E-state index contributed by atoms with van der Waals surface area (Å²) in [6.45, 7) is 0. The molecular formula is C4H8O4S. The second-order valence-corrected chi connectivity index (χ2v) is 2.25.